The summed E-state index contributed by atoms with van der Waals surface area (Å²) < 4.78 is 9.94. The molecule has 5 nitrogen and oxygen atoms in total. The second-order valence-electron chi connectivity index (χ2n) is 3.05. The second-order valence-corrected chi connectivity index (χ2v) is 4.77. The Balaban J connectivity index is 2.33. The molecule has 0 bridgehead atoms. The average molecular weight is 269 g/mol. The number of amides is 1. The molecule has 0 aliphatic carbocycles. The van der Waals surface area contributed by atoms with Crippen molar-refractivity contribution in [3.63, 3.8) is 0 Å². The number of ether oxygens (including phenoxy) is 1. The molecule has 1 aromatic heterocycles. The molecule has 0 radical (unpaired) electrons. The van der Waals surface area contributed by atoms with Crippen LogP contribution in [-0.2, 0) is 9.53 Å². The number of thioether (sulfide) groups is 1. The molecule has 1 aliphatic heterocycles. The summed E-state index contributed by atoms with van der Waals surface area (Å²) in [6, 6.07) is 1.58. The minimum Gasteiger partial charge on any atom is -0.463 e. The summed E-state index contributed by atoms with van der Waals surface area (Å²) in [5, 5.41) is 2.48. The molecule has 88 valence electrons. The molecule has 2 rings (SSSR count). The fourth-order valence-corrected chi connectivity index (χ4v) is 2.29. The zero-order valence-electron chi connectivity index (χ0n) is 8.68. The van der Waals surface area contributed by atoms with Crippen LogP contribution in [0.25, 0.3) is 6.08 Å². The molecular formula is C10H7NO4S2. The Labute approximate surface area is 106 Å². The van der Waals surface area contributed by atoms with Gasteiger partial charge in [-0.2, -0.15) is 0 Å². The molecule has 1 saturated heterocycles. The molecule has 1 aromatic rings. The SMILES string of the molecule is COC(=O)c1occc1/C=C1/SC(=S)NC1=O. The molecule has 1 amide bonds. The van der Waals surface area contributed by atoms with E-state index in [0.29, 0.717) is 14.8 Å². The Bertz CT molecular complexity index is 532. The van der Waals surface area contributed by atoms with E-state index in [0.717, 1.165) is 11.8 Å². The topological polar surface area (TPSA) is 68.5 Å². The number of esters is 1. The minimum atomic E-state index is -0.590. The Kier molecular flexibility index (Phi) is 3.30. The monoisotopic (exact) mass is 269 g/mol. The van der Waals surface area contributed by atoms with Crippen LogP contribution in [0.2, 0.25) is 0 Å². The van der Waals surface area contributed by atoms with Crippen LogP contribution in [0.5, 0.6) is 0 Å². The number of rotatable bonds is 2. The molecule has 1 fully saturated rings. The molecule has 0 aromatic carbocycles. The standard InChI is InChI=1S/C10H7NO4S2/c1-14-9(13)7-5(2-3-15-7)4-6-8(12)11-10(16)17-6/h2-4H,1H3,(H,11,12,16)/b6-4+. The van der Waals surface area contributed by atoms with E-state index < -0.39 is 5.97 Å². The summed E-state index contributed by atoms with van der Waals surface area (Å²) >= 11 is 5.99. The van der Waals surface area contributed by atoms with Crippen LogP contribution in [0.15, 0.2) is 21.7 Å². The highest BCUT2D eigenvalue weighted by Gasteiger charge is 2.24. The van der Waals surface area contributed by atoms with E-state index in [1.165, 1.54) is 19.4 Å². The van der Waals surface area contributed by atoms with Crippen molar-refractivity contribution in [2.75, 3.05) is 7.11 Å². The summed E-state index contributed by atoms with van der Waals surface area (Å²) in [6.07, 6.45) is 2.89. The van der Waals surface area contributed by atoms with Crippen molar-refractivity contribution in [1.29, 1.82) is 0 Å². The first-order chi connectivity index (χ1) is 8.11. The number of hydrogen-bond donors (Lipinski definition) is 1. The molecular weight excluding hydrogens is 262 g/mol. The van der Waals surface area contributed by atoms with Crippen molar-refractivity contribution in [2.24, 2.45) is 0 Å². The van der Waals surface area contributed by atoms with Crippen molar-refractivity contribution >= 4 is 46.3 Å². The number of thiocarbonyl (C=S) groups is 1. The van der Waals surface area contributed by atoms with Crippen LogP contribution in [0.4, 0.5) is 0 Å². The van der Waals surface area contributed by atoms with Crippen LogP contribution < -0.4 is 5.32 Å². The Morgan fingerprint density at radius 2 is 2.41 bits per heavy atom. The lowest BCUT2D eigenvalue weighted by molar-refractivity contribution is -0.115. The molecule has 1 aliphatic rings. The van der Waals surface area contributed by atoms with E-state index in [1.54, 1.807) is 6.07 Å². The average Bonchev–Trinajstić information content (AvgIpc) is 2.86. The smallest absolute Gasteiger partial charge is 0.374 e. The van der Waals surface area contributed by atoms with Crippen LogP contribution in [0.1, 0.15) is 16.1 Å². The number of methoxy groups -OCH3 is 1. The van der Waals surface area contributed by atoms with Crippen molar-refractivity contribution in [2.45, 2.75) is 0 Å². The summed E-state index contributed by atoms with van der Waals surface area (Å²) in [5.41, 5.74) is 0.485. The highest BCUT2D eigenvalue weighted by atomic mass is 32.2. The number of furan rings is 1. The van der Waals surface area contributed by atoms with Gasteiger partial charge in [0.1, 0.15) is 4.32 Å². The first-order valence-corrected chi connectivity index (χ1v) is 5.75. The summed E-state index contributed by atoms with van der Waals surface area (Å²) in [6.45, 7) is 0. The Morgan fingerprint density at radius 1 is 1.65 bits per heavy atom. The van der Waals surface area contributed by atoms with Gasteiger partial charge < -0.3 is 14.5 Å². The predicted octanol–water partition coefficient (Wildman–Crippen LogP) is 1.55. The molecule has 7 heteroatoms. The highest BCUT2D eigenvalue weighted by Crippen LogP contribution is 2.27. The number of nitrogens with one attached hydrogen (secondary N) is 1. The van der Waals surface area contributed by atoms with Gasteiger partial charge in [0.05, 0.1) is 18.3 Å². The first kappa shape index (κ1) is 11.9. The van der Waals surface area contributed by atoms with Gasteiger partial charge in [-0.3, -0.25) is 4.79 Å². The zero-order valence-corrected chi connectivity index (χ0v) is 10.3. The second kappa shape index (κ2) is 4.72. The zero-order chi connectivity index (χ0) is 12.4. The number of carbonyl (C=O) groups is 2. The number of hydrogen-bond acceptors (Lipinski definition) is 6. The van der Waals surface area contributed by atoms with Gasteiger partial charge in [0.25, 0.3) is 5.91 Å². The van der Waals surface area contributed by atoms with E-state index >= 15 is 0 Å². The molecule has 0 atom stereocenters. The lowest BCUT2D eigenvalue weighted by Gasteiger charge is -1.96. The lowest BCUT2D eigenvalue weighted by Crippen LogP contribution is -2.17. The maximum absolute atomic E-state index is 11.4. The van der Waals surface area contributed by atoms with Crippen molar-refractivity contribution in [3.05, 3.63) is 28.6 Å². The molecule has 0 saturated carbocycles. The predicted molar refractivity (Wildman–Crippen MR) is 66.4 cm³/mol. The Hall–Kier alpha value is -1.60. The van der Waals surface area contributed by atoms with E-state index in [1.807, 2.05) is 0 Å². The van der Waals surface area contributed by atoms with Gasteiger partial charge in [-0.15, -0.1) is 0 Å². The Morgan fingerprint density at radius 3 is 3.00 bits per heavy atom. The highest BCUT2D eigenvalue weighted by molar-refractivity contribution is 8.26. The lowest BCUT2D eigenvalue weighted by atomic mass is 10.2. The third kappa shape index (κ3) is 2.40. The fraction of sp³-hybridized carbons (Fsp3) is 0.100. The van der Waals surface area contributed by atoms with Gasteiger partial charge in [0, 0.05) is 5.56 Å². The normalized spacial score (nSPS) is 17.4. The first-order valence-electron chi connectivity index (χ1n) is 4.52. The van der Waals surface area contributed by atoms with E-state index in [2.05, 4.69) is 10.1 Å². The van der Waals surface area contributed by atoms with E-state index in [9.17, 15) is 9.59 Å². The van der Waals surface area contributed by atoms with Crippen LogP contribution in [0, 0.1) is 0 Å². The van der Waals surface area contributed by atoms with Gasteiger partial charge in [-0.25, -0.2) is 4.79 Å². The summed E-state index contributed by atoms with van der Waals surface area (Å²) in [4.78, 5) is 23.2. The summed E-state index contributed by atoms with van der Waals surface area (Å²) in [5.74, 6) is -0.809. The molecule has 2 heterocycles. The van der Waals surface area contributed by atoms with Gasteiger partial charge in [0.15, 0.2) is 0 Å². The molecule has 17 heavy (non-hydrogen) atoms. The van der Waals surface area contributed by atoms with E-state index in [-0.39, 0.29) is 11.7 Å². The molecule has 0 spiro atoms. The quantitative estimate of drug-likeness (QED) is 0.499. The summed E-state index contributed by atoms with van der Waals surface area (Å²) in [7, 11) is 1.26. The largest absolute Gasteiger partial charge is 0.463 e. The third-order valence-corrected chi connectivity index (χ3v) is 3.16. The maximum atomic E-state index is 11.4. The van der Waals surface area contributed by atoms with Crippen LogP contribution in [-0.4, -0.2) is 23.3 Å². The van der Waals surface area contributed by atoms with Gasteiger partial charge in [0.2, 0.25) is 5.76 Å². The van der Waals surface area contributed by atoms with E-state index in [4.69, 9.17) is 16.6 Å². The third-order valence-electron chi connectivity index (χ3n) is 2.00. The molecule has 0 unspecified atom stereocenters. The number of carbonyl (C=O) groups excluding carboxylic acids is 2. The minimum absolute atomic E-state index is 0.0613. The van der Waals surface area contributed by atoms with Gasteiger partial charge in [-0.1, -0.05) is 24.0 Å². The molecule has 1 N–H and O–H groups in total. The van der Waals surface area contributed by atoms with Gasteiger partial charge in [-0.05, 0) is 12.1 Å². The fourth-order valence-electron chi connectivity index (χ4n) is 1.25. The van der Waals surface area contributed by atoms with Crippen molar-refractivity contribution < 1.29 is 18.7 Å². The van der Waals surface area contributed by atoms with Crippen molar-refractivity contribution in [1.82, 2.24) is 5.32 Å². The van der Waals surface area contributed by atoms with Crippen LogP contribution >= 0.6 is 24.0 Å². The van der Waals surface area contributed by atoms with Crippen molar-refractivity contribution in [3.8, 4) is 0 Å². The van der Waals surface area contributed by atoms with Gasteiger partial charge >= 0.3 is 5.97 Å². The maximum Gasteiger partial charge on any atom is 0.374 e. The van der Waals surface area contributed by atoms with Crippen LogP contribution in [0.3, 0.4) is 0 Å².